The molecule has 0 spiro atoms. The highest BCUT2D eigenvalue weighted by molar-refractivity contribution is 5.79. The second-order valence-corrected chi connectivity index (χ2v) is 3.28. The molecule has 2 N–H and O–H groups in total. The van der Waals surface area contributed by atoms with Crippen LogP contribution in [0.5, 0.6) is 0 Å². The van der Waals surface area contributed by atoms with Crippen LogP contribution in [0.4, 0.5) is 0 Å². The van der Waals surface area contributed by atoms with Crippen molar-refractivity contribution in [2.45, 2.75) is 26.2 Å². The highest BCUT2D eigenvalue weighted by Crippen LogP contribution is 2.24. The van der Waals surface area contributed by atoms with Crippen molar-refractivity contribution in [2.24, 2.45) is 10.9 Å². The van der Waals surface area contributed by atoms with Gasteiger partial charge in [0.1, 0.15) is 0 Å². The van der Waals surface area contributed by atoms with E-state index in [4.69, 9.17) is 0 Å². The molecule has 0 aliphatic heterocycles. The molecule has 70 valence electrons. The highest BCUT2D eigenvalue weighted by Gasteiger charge is 2.16. The van der Waals surface area contributed by atoms with Crippen molar-refractivity contribution < 1.29 is 0 Å². The second-order valence-electron chi connectivity index (χ2n) is 3.28. The molecule has 0 heterocycles. The van der Waals surface area contributed by atoms with E-state index < -0.39 is 0 Å². The highest BCUT2D eigenvalue weighted by atomic mass is 15.2. The molecule has 0 unspecified atom stereocenters. The summed E-state index contributed by atoms with van der Waals surface area (Å²) in [6.07, 6.45) is 4.18. The molecule has 0 radical (unpaired) electrons. The van der Waals surface area contributed by atoms with Crippen LogP contribution >= 0.6 is 0 Å². The predicted octanol–water partition coefficient (Wildman–Crippen LogP) is 0.971. The Labute approximate surface area is 74.6 Å². The van der Waals surface area contributed by atoms with Crippen LogP contribution in [0.2, 0.25) is 0 Å². The van der Waals surface area contributed by atoms with Crippen molar-refractivity contribution in [1.29, 1.82) is 0 Å². The number of hydrogen-bond donors (Lipinski definition) is 2. The van der Waals surface area contributed by atoms with E-state index in [0.29, 0.717) is 0 Å². The third kappa shape index (κ3) is 2.72. The zero-order chi connectivity index (χ0) is 8.81. The lowest BCUT2D eigenvalue weighted by Crippen LogP contribution is -2.40. The van der Waals surface area contributed by atoms with Gasteiger partial charge in [0.25, 0.3) is 0 Å². The Kier molecular flexibility index (Phi) is 3.91. The number of aliphatic imine (C=N–C) groups is 1. The summed E-state index contributed by atoms with van der Waals surface area (Å²) in [6, 6.07) is 0. The molecule has 0 bridgehead atoms. The Morgan fingerprint density at radius 1 is 1.42 bits per heavy atom. The van der Waals surface area contributed by atoms with Crippen LogP contribution in [0.3, 0.4) is 0 Å². The first-order valence-corrected chi connectivity index (χ1v) is 4.81. The van der Waals surface area contributed by atoms with Crippen molar-refractivity contribution in [3.8, 4) is 0 Å². The average Bonchev–Trinajstić information content (AvgIpc) is 2.00. The molecule has 1 rings (SSSR count). The van der Waals surface area contributed by atoms with E-state index in [2.05, 4.69) is 22.5 Å². The Hall–Kier alpha value is -0.730. The van der Waals surface area contributed by atoms with Gasteiger partial charge in [-0.1, -0.05) is 6.42 Å². The molecule has 0 saturated heterocycles. The minimum atomic E-state index is 0.889. The third-order valence-corrected chi connectivity index (χ3v) is 2.35. The van der Waals surface area contributed by atoms with Gasteiger partial charge in [-0.25, -0.2) is 0 Å². The first-order chi connectivity index (χ1) is 5.86. The molecule has 1 aliphatic rings. The van der Waals surface area contributed by atoms with Crippen LogP contribution in [0.25, 0.3) is 0 Å². The number of guanidine groups is 1. The maximum Gasteiger partial charge on any atom is 0.190 e. The van der Waals surface area contributed by atoms with Gasteiger partial charge in [0.05, 0.1) is 0 Å². The molecule has 1 aliphatic carbocycles. The van der Waals surface area contributed by atoms with Gasteiger partial charge in [-0.3, -0.25) is 4.99 Å². The fourth-order valence-corrected chi connectivity index (χ4v) is 1.33. The van der Waals surface area contributed by atoms with E-state index in [1.807, 2.05) is 7.05 Å². The van der Waals surface area contributed by atoms with Crippen molar-refractivity contribution in [3.63, 3.8) is 0 Å². The number of nitrogens with one attached hydrogen (secondary N) is 2. The van der Waals surface area contributed by atoms with Gasteiger partial charge in [0, 0.05) is 20.1 Å². The molecule has 1 fully saturated rings. The Morgan fingerprint density at radius 2 is 2.17 bits per heavy atom. The van der Waals surface area contributed by atoms with Crippen molar-refractivity contribution in [3.05, 3.63) is 0 Å². The van der Waals surface area contributed by atoms with Gasteiger partial charge in [-0.15, -0.1) is 0 Å². The molecule has 12 heavy (non-hydrogen) atoms. The summed E-state index contributed by atoms with van der Waals surface area (Å²) in [7, 11) is 1.81. The summed E-state index contributed by atoms with van der Waals surface area (Å²) in [6.45, 7) is 4.10. The van der Waals surface area contributed by atoms with Crippen LogP contribution < -0.4 is 10.6 Å². The smallest absolute Gasteiger partial charge is 0.190 e. The van der Waals surface area contributed by atoms with Crippen molar-refractivity contribution >= 4 is 5.96 Å². The fraction of sp³-hybridized carbons (Fsp3) is 0.889. The number of hydrogen-bond acceptors (Lipinski definition) is 1. The Bertz CT molecular complexity index is 150. The zero-order valence-corrected chi connectivity index (χ0v) is 8.06. The van der Waals surface area contributed by atoms with Crippen LogP contribution in [-0.2, 0) is 0 Å². The monoisotopic (exact) mass is 169 g/mol. The van der Waals surface area contributed by atoms with Crippen molar-refractivity contribution in [2.75, 3.05) is 20.1 Å². The molecule has 3 heteroatoms. The van der Waals surface area contributed by atoms with Crippen LogP contribution in [-0.4, -0.2) is 26.1 Å². The molecule has 0 amide bonds. The minimum absolute atomic E-state index is 0.889. The van der Waals surface area contributed by atoms with E-state index in [0.717, 1.165) is 25.0 Å². The average molecular weight is 169 g/mol. The largest absolute Gasteiger partial charge is 0.357 e. The molecule has 3 nitrogen and oxygen atoms in total. The first kappa shape index (κ1) is 9.36. The molecule has 0 aromatic heterocycles. The summed E-state index contributed by atoms with van der Waals surface area (Å²) in [5.74, 6) is 1.82. The van der Waals surface area contributed by atoms with Gasteiger partial charge in [0.15, 0.2) is 5.96 Å². The zero-order valence-electron chi connectivity index (χ0n) is 8.06. The van der Waals surface area contributed by atoms with Crippen LogP contribution in [0.1, 0.15) is 26.2 Å². The van der Waals surface area contributed by atoms with E-state index in [9.17, 15) is 0 Å². The molecule has 1 saturated carbocycles. The van der Waals surface area contributed by atoms with Crippen LogP contribution in [0.15, 0.2) is 4.99 Å². The summed E-state index contributed by atoms with van der Waals surface area (Å²) < 4.78 is 0. The molecular weight excluding hydrogens is 150 g/mol. The molecule has 0 aromatic rings. The van der Waals surface area contributed by atoms with Crippen LogP contribution in [0, 0.1) is 5.92 Å². The molecular formula is C9H19N3. The first-order valence-electron chi connectivity index (χ1n) is 4.81. The molecule has 0 atom stereocenters. The van der Waals surface area contributed by atoms with Gasteiger partial charge in [-0.2, -0.15) is 0 Å². The summed E-state index contributed by atoms with van der Waals surface area (Å²) >= 11 is 0. The van der Waals surface area contributed by atoms with E-state index in [1.165, 1.54) is 19.3 Å². The SMILES string of the molecule is CCNC(=NC)NCC1CCC1. The topological polar surface area (TPSA) is 36.4 Å². The quantitative estimate of drug-likeness (QED) is 0.488. The fourth-order valence-electron chi connectivity index (χ4n) is 1.33. The third-order valence-electron chi connectivity index (χ3n) is 2.35. The maximum absolute atomic E-state index is 4.10. The van der Waals surface area contributed by atoms with Gasteiger partial charge < -0.3 is 10.6 Å². The molecule has 0 aromatic carbocycles. The minimum Gasteiger partial charge on any atom is -0.357 e. The van der Waals surface area contributed by atoms with Gasteiger partial charge >= 0.3 is 0 Å². The normalized spacial score (nSPS) is 18.7. The van der Waals surface area contributed by atoms with E-state index >= 15 is 0 Å². The standard InChI is InChI=1S/C9H19N3/c1-3-11-9(10-2)12-7-8-5-4-6-8/h8H,3-7H2,1-2H3,(H2,10,11,12). The summed E-state index contributed by atoms with van der Waals surface area (Å²) in [5.41, 5.74) is 0. The maximum atomic E-state index is 4.10. The van der Waals surface area contributed by atoms with E-state index in [-0.39, 0.29) is 0 Å². The number of rotatable bonds is 3. The lowest BCUT2D eigenvalue weighted by atomic mass is 9.85. The lowest BCUT2D eigenvalue weighted by molar-refractivity contribution is 0.315. The summed E-state index contributed by atoms with van der Waals surface area (Å²) in [4.78, 5) is 4.10. The second kappa shape index (κ2) is 5.01. The summed E-state index contributed by atoms with van der Waals surface area (Å²) in [5, 5.41) is 6.49. The van der Waals surface area contributed by atoms with E-state index in [1.54, 1.807) is 0 Å². The Balaban J connectivity index is 2.10. The van der Waals surface area contributed by atoms with Gasteiger partial charge in [0.2, 0.25) is 0 Å². The van der Waals surface area contributed by atoms with Crippen molar-refractivity contribution in [1.82, 2.24) is 10.6 Å². The number of nitrogens with zero attached hydrogens (tertiary/aromatic N) is 1. The Morgan fingerprint density at radius 3 is 2.58 bits per heavy atom. The predicted molar refractivity (Wildman–Crippen MR) is 52.4 cm³/mol. The lowest BCUT2D eigenvalue weighted by Gasteiger charge is -2.26. The van der Waals surface area contributed by atoms with Gasteiger partial charge in [-0.05, 0) is 25.7 Å².